The van der Waals surface area contributed by atoms with E-state index in [1.165, 1.54) is 17.4 Å². The number of carbonyl (C=O) groups excluding carboxylic acids is 1. The van der Waals surface area contributed by atoms with Crippen molar-refractivity contribution in [1.29, 1.82) is 0 Å². The molecule has 0 aliphatic carbocycles. The maximum atomic E-state index is 12.6. The molecule has 0 fully saturated rings. The van der Waals surface area contributed by atoms with Gasteiger partial charge in [-0.05, 0) is 31.2 Å². The van der Waals surface area contributed by atoms with E-state index in [-0.39, 0.29) is 11.3 Å². The second-order valence-corrected chi connectivity index (χ2v) is 9.85. The van der Waals surface area contributed by atoms with Crippen LogP contribution in [-0.4, -0.2) is 20.5 Å². The Bertz CT molecular complexity index is 1450. The Kier molecular flexibility index (Phi) is 5.80. The molecule has 0 bridgehead atoms. The molecular formula is C26H25N3O2S. The summed E-state index contributed by atoms with van der Waals surface area (Å²) in [6.45, 7) is 7.61. The predicted octanol–water partition coefficient (Wildman–Crippen LogP) is 3.82. The second kappa shape index (κ2) is 8.55. The minimum absolute atomic E-state index is 0.0288. The van der Waals surface area contributed by atoms with Gasteiger partial charge in [-0.1, -0.05) is 62.7 Å². The van der Waals surface area contributed by atoms with Gasteiger partial charge in [0.25, 0.3) is 5.56 Å². The molecule has 0 atom stereocenters. The zero-order valence-electron chi connectivity index (χ0n) is 18.5. The average Bonchev–Trinajstić information content (AvgIpc) is 3.32. The third-order valence-corrected chi connectivity index (χ3v) is 5.99. The number of ketones is 1. The van der Waals surface area contributed by atoms with Crippen molar-refractivity contribution in [1.82, 2.24) is 14.8 Å². The Labute approximate surface area is 190 Å². The predicted molar refractivity (Wildman–Crippen MR) is 130 cm³/mol. The Morgan fingerprint density at radius 2 is 1.84 bits per heavy atom. The minimum Gasteiger partial charge on any atom is -0.313 e. The van der Waals surface area contributed by atoms with Gasteiger partial charge in [-0.15, -0.1) is 11.3 Å². The van der Waals surface area contributed by atoms with Gasteiger partial charge >= 0.3 is 0 Å². The lowest BCUT2D eigenvalue weighted by atomic mass is 9.91. The topological polar surface area (TPSA) is 67.8 Å². The largest absolute Gasteiger partial charge is 0.313 e. The number of para-hydroxylation sites is 1. The van der Waals surface area contributed by atoms with E-state index < -0.39 is 5.41 Å². The summed E-state index contributed by atoms with van der Waals surface area (Å²) in [5, 5.41) is 4.82. The van der Waals surface area contributed by atoms with E-state index in [9.17, 15) is 9.59 Å². The molecule has 2 heterocycles. The summed E-state index contributed by atoms with van der Waals surface area (Å²) in [7, 11) is 0. The number of H-pyrrole nitrogens is 1. The molecule has 6 heteroatoms. The molecule has 0 saturated heterocycles. The second-order valence-electron chi connectivity index (χ2n) is 8.77. The van der Waals surface area contributed by atoms with Gasteiger partial charge in [0.15, 0.2) is 5.78 Å². The van der Waals surface area contributed by atoms with Crippen LogP contribution in [0.3, 0.4) is 0 Å². The number of rotatable bonds is 4. The average molecular weight is 444 g/mol. The molecular weight excluding hydrogens is 418 g/mol. The van der Waals surface area contributed by atoms with Crippen molar-refractivity contribution in [2.45, 2.75) is 27.7 Å². The molecule has 5 nitrogen and oxygen atoms in total. The van der Waals surface area contributed by atoms with E-state index in [4.69, 9.17) is 5.10 Å². The van der Waals surface area contributed by atoms with Crippen LogP contribution in [0, 0.1) is 12.3 Å². The van der Waals surface area contributed by atoms with Gasteiger partial charge in [0.1, 0.15) is 5.69 Å². The normalized spacial score (nSPS) is 13.0. The molecule has 0 amide bonds. The van der Waals surface area contributed by atoms with E-state index in [2.05, 4.69) is 11.1 Å². The third-order valence-electron chi connectivity index (χ3n) is 5.02. The van der Waals surface area contributed by atoms with Gasteiger partial charge in [-0.25, -0.2) is 4.68 Å². The fraction of sp³-hybridized carbons (Fsp3) is 0.192. The molecule has 0 aliphatic heterocycles. The summed E-state index contributed by atoms with van der Waals surface area (Å²) < 4.78 is 2.90. The number of thiazole rings is 1. The van der Waals surface area contributed by atoms with Gasteiger partial charge in [0.05, 0.1) is 14.9 Å². The smallest absolute Gasteiger partial charge is 0.266 e. The van der Waals surface area contributed by atoms with Crippen LogP contribution in [0.15, 0.2) is 65.6 Å². The fourth-order valence-electron chi connectivity index (χ4n) is 3.22. The van der Waals surface area contributed by atoms with Gasteiger partial charge in [0.2, 0.25) is 0 Å². The van der Waals surface area contributed by atoms with Crippen LogP contribution in [0.1, 0.15) is 31.9 Å². The lowest BCUT2D eigenvalue weighted by Gasteiger charge is -2.12. The maximum Gasteiger partial charge on any atom is 0.266 e. The van der Waals surface area contributed by atoms with Gasteiger partial charge < -0.3 is 4.98 Å². The Balaban J connectivity index is 1.88. The Hall–Kier alpha value is -3.51. The molecule has 0 aliphatic rings. The summed E-state index contributed by atoms with van der Waals surface area (Å²) >= 11 is 1.27. The lowest BCUT2D eigenvalue weighted by Crippen LogP contribution is -2.22. The summed E-state index contributed by atoms with van der Waals surface area (Å²) in [4.78, 5) is 27.8. The first kappa shape index (κ1) is 21.7. The zero-order valence-corrected chi connectivity index (χ0v) is 19.4. The van der Waals surface area contributed by atoms with Crippen molar-refractivity contribution in [2.75, 3.05) is 0 Å². The number of aryl methyl sites for hydroxylation is 1. The Morgan fingerprint density at radius 1 is 1.09 bits per heavy atom. The van der Waals surface area contributed by atoms with Crippen molar-refractivity contribution >= 4 is 29.3 Å². The maximum absolute atomic E-state index is 12.6. The first-order valence-electron chi connectivity index (χ1n) is 10.4. The summed E-state index contributed by atoms with van der Waals surface area (Å²) in [5.74, 6) is -0.0288. The van der Waals surface area contributed by atoms with Crippen molar-refractivity contribution in [2.24, 2.45) is 5.41 Å². The molecule has 0 spiro atoms. The SMILES string of the molecule is Cc1cccc(-c2nn(-c3ccccc3)cc2C=c2s/c(=C\C(=O)C(C)(C)C)[nH]c2=O)c1. The van der Waals surface area contributed by atoms with Crippen LogP contribution < -0.4 is 14.8 Å². The first-order chi connectivity index (χ1) is 15.2. The lowest BCUT2D eigenvalue weighted by molar-refractivity contribution is -0.119. The van der Waals surface area contributed by atoms with Gasteiger partial charge in [-0.3, -0.25) is 9.59 Å². The van der Waals surface area contributed by atoms with Crippen LogP contribution in [0.2, 0.25) is 0 Å². The number of nitrogens with zero attached hydrogens (tertiary/aromatic N) is 2. The quantitative estimate of drug-likeness (QED) is 0.521. The highest BCUT2D eigenvalue weighted by atomic mass is 32.1. The molecule has 0 unspecified atom stereocenters. The van der Waals surface area contributed by atoms with Crippen LogP contribution in [0.5, 0.6) is 0 Å². The monoisotopic (exact) mass is 443 g/mol. The fourth-order valence-corrected chi connectivity index (χ4v) is 4.10. The van der Waals surface area contributed by atoms with Crippen molar-refractivity contribution in [3.63, 3.8) is 0 Å². The van der Waals surface area contributed by atoms with E-state index >= 15 is 0 Å². The van der Waals surface area contributed by atoms with E-state index in [1.54, 1.807) is 0 Å². The molecule has 2 aromatic carbocycles. The number of aromatic amines is 1. The summed E-state index contributed by atoms with van der Waals surface area (Å²) in [5.41, 5.74) is 3.96. The highest BCUT2D eigenvalue weighted by Gasteiger charge is 2.18. The van der Waals surface area contributed by atoms with E-state index in [0.29, 0.717) is 9.20 Å². The number of carbonyl (C=O) groups is 1. The highest BCUT2D eigenvalue weighted by molar-refractivity contribution is 7.07. The van der Waals surface area contributed by atoms with E-state index in [0.717, 1.165) is 28.1 Å². The van der Waals surface area contributed by atoms with Crippen LogP contribution in [-0.2, 0) is 4.79 Å². The zero-order chi connectivity index (χ0) is 22.9. The minimum atomic E-state index is -0.500. The van der Waals surface area contributed by atoms with Crippen LogP contribution in [0.25, 0.3) is 29.1 Å². The molecule has 32 heavy (non-hydrogen) atoms. The van der Waals surface area contributed by atoms with Crippen LogP contribution in [0.4, 0.5) is 0 Å². The number of nitrogens with one attached hydrogen (secondary N) is 1. The number of hydrogen-bond acceptors (Lipinski definition) is 4. The molecule has 0 saturated carbocycles. The first-order valence-corrected chi connectivity index (χ1v) is 11.2. The molecule has 0 radical (unpaired) electrons. The Morgan fingerprint density at radius 3 is 2.53 bits per heavy atom. The van der Waals surface area contributed by atoms with Gasteiger partial charge in [0, 0.05) is 28.8 Å². The molecule has 2 aromatic heterocycles. The standard InChI is InChI=1S/C26H25N3O2S/c1-17-9-8-10-18(13-17)24-19(16-29(28-24)20-11-6-5-7-12-20)14-21-25(31)27-23(32-21)15-22(30)26(2,3)4/h5-16H,1-4H3,(H,27,31)/b21-14?,23-15-. The van der Waals surface area contributed by atoms with Crippen molar-refractivity contribution in [3.05, 3.63) is 91.5 Å². The van der Waals surface area contributed by atoms with Crippen molar-refractivity contribution in [3.8, 4) is 16.9 Å². The number of benzene rings is 2. The summed E-state index contributed by atoms with van der Waals surface area (Å²) in [6, 6.07) is 18.0. The number of hydrogen-bond donors (Lipinski definition) is 1. The van der Waals surface area contributed by atoms with E-state index in [1.807, 2.05) is 93.2 Å². The molecule has 162 valence electrons. The number of aromatic nitrogens is 3. The van der Waals surface area contributed by atoms with Crippen LogP contribution >= 0.6 is 11.3 Å². The van der Waals surface area contributed by atoms with Crippen molar-refractivity contribution < 1.29 is 4.79 Å². The third kappa shape index (κ3) is 4.70. The molecule has 1 N–H and O–H groups in total. The molecule has 4 aromatic rings. The molecule has 4 rings (SSSR count). The highest BCUT2D eigenvalue weighted by Crippen LogP contribution is 2.25. The summed E-state index contributed by atoms with van der Waals surface area (Å²) in [6.07, 6.45) is 5.28. The van der Waals surface area contributed by atoms with Gasteiger partial charge in [-0.2, -0.15) is 5.10 Å². The number of Topliss-reactive ketones (excluding diaryl/α,β-unsaturated/α-hetero) is 1.